The number of esters is 2. The van der Waals surface area contributed by atoms with Crippen LogP contribution in [0.4, 0.5) is 5.95 Å². The van der Waals surface area contributed by atoms with Gasteiger partial charge in [-0.2, -0.15) is 9.97 Å². The van der Waals surface area contributed by atoms with Crippen LogP contribution >= 0.6 is 122 Å². The van der Waals surface area contributed by atoms with E-state index in [1.165, 1.54) is 19.6 Å². The van der Waals surface area contributed by atoms with E-state index in [4.69, 9.17) is 41.3 Å². The fourth-order valence-corrected chi connectivity index (χ4v) is 9.81. The van der Waals surface area contributed by atoms with Crippen LogP contribution < -0.4 is 33.8 Å². The first-order valence-corrected chi connectivity index (χ1v) is 47.2. The molecule has 2 aliphatic rings. The summed E-state index contributed by atoms with van der Waals surface area (Å²) >= 11 is 15.4. The second kappa shape index (κ2) is 37.8. The number of anilines is 1. The first-order chi connectivity index (χ1) is 35.9. The van der Waals surface area contributed by atoms with Gasteiger partial charge in [-0.15, -0.1) is 36.4 Å². The zero-order valence-corrected chi connectivity index (χ0v) is 59.1. The van der Waals surface area contributed by atoms with Crippen LogP contribution in [-0.4, -0.2) is 121 Å². The summed E-state index contributed by atoms with van der Waals surface area (Å²) in [7, 11) is -4.53. The van der Waals surface area contributed by atoms with Crippen molar-refractivity contribution in [3.63, 3.8) is 0 Å². The Labute approximate surface area is 533 Å². The van der Waals surface area contributed by atoms with Crippen molar-refractivity contribution in [1.82, 2.24) is 29.1 Å². The summed E-state index contributed by atoms with van der Waals surface area (Å²) in [6.07, 6.45) is 17.5. The van der Waals surface area contributed by atoms with Gasteiger partial charge >= 0.3 is 62.4 Å². The van der Waals surface area contributed by atoms with Crippen molar-refractivity contribution >= 4 is 182 Å². The number of ether oxygens (including phenoxy) is 4. The van der Waals surface area contributed by atoms with Gasteiger partial charge in [0.1, 0.15) is 42.8 Å². The van der Waals surface area contributed by atoms with E-state index >= 15 is 0 Å². The first kappa shape index (κ1) is 71.9. The number of rotatable bonds is 17. The van der Waals surface area contributed by atoms with Gasteiger partial charge in [-0.3, -0.25) is 9.59 Å². The summed E-state index contributed by atoms with van der Waals surface area (Å²) in [5.74, 6) is 3.50. The molecule has 3 N–H and O–H groups in total. The monoisotopic (exact) mass is 1820 g/mol. The summed E-state index contributed by atoms with van der Waals surface area (Å²) in [4.78, 5) is 40.2. The molecular formula is C49H65Cl2I6N8O10S2-. The predicted molar refractivity (Wildman–Crippen MR) is 349 cm³/mol. The maximum absolute atomic E-state index is 11.7. The summed E-state index contributed by atoms with van der Waals surface area (Å²) in [6, 6.07) is 19.5. The van der Waals surface area contributed by atoms with E-state index in [9.17, 15) is 26.4 Å². The number of sulfone groups is 2. The van der Waals surface area contributed by atoms with E-state index in [0.29, 0.717) is 75.2 Å². The molecule has 0 atom stereocenters. The van der Waals surface area contributed by atoms with Gasteiger partial charge in [0.05, 0.1) is 61.3 Å². The topological polar surface area (TPSA) is 239 Å². The molecule has 0 radical (unpaired) electrons. The molecule has 77 heavy (non-hydrogen) atoms. The third kappa shape index (κ3) is 25.1. The third-order valence-corrected chi connectivity index (χ3v) is 14.2. The molecule has 430 valence electrons. The number of carbonyl (C=O) groups is 2. The molecule has 0 spiro atoms. The van der Waals surface area contributed by atoms with Crippen LogP contribution in [0.5, 0.6) is 11.5 Å². The van der Waals surface area contributed by atoms with Crippen molar-refractivity contribution in [3.05, 3.63) is 90.7 Å². The molecule has 18 nitrogen and oxygen atoms in total. The molecule has 6 aromatic rings. The van der Waals surface area contributed by atoms with Gasteiger partial charge in [0.15, 0.2) is 0 Å². The molecule has 2 saturated carbocycles. The molecule has 0 amide bonds. The number of nitrogens with two attached hydrogens (primary N) is 1. The number of methoxy groups -OCH3 is 1. The zero-order valence-electron chi connectivity index (χ0n) is 42.7. The Morgan fingerprint density at radius 2 is 1.18 bits per heavy atom. The Balaban J connectivity index is 0.000000410. The normalized spacial score (nSPS) is 16.9. The average Bonchev–Trinajstić information content (AvgIpc) is 4.04. The maximum atomic E-state index is 11.7. The molecule has 2 fully saturated rings. The summed E-state index contributed by atoms with van der Waals surface area (Å²) in [5.41, 5.74) is 7.57. The standard InChI is InChI=1S/C24H30N4O5S.C16H16ClN3O3S.C9H17NO2.ClH.I3.I2.HI/c1-32-23(29)17-7-9-18(10-8-17)26-24-25-13-11-22(27-24)28-14-12-19-20(28)5-3-6-21(19)33-15-4-16-34(2,30)31;1-24(21,22)11-3-10-23-14-5-2-4-13-12(14)7-9-20(13)15-6-8-18-16(17)19-15;1-2-12-9(11)7-3-5-8(10)6-4-7;;1-3-2;1-2;/h3,5-6,11-14,17-18H,4,7-10,15-16H2,1-2H3,(H,25,26,27);2,4-9H,3,10-11H2,1H3;7-8H,2-6,10H2,1H3;1H;;;1H/q;;;;-1;;. The Bertz CT molecular complexity index is 2950. The zero-order chi connectivity index (χ0) is 55.0. The van der Waals surface area contributed by atoms with Crippen molar-refractivity contribution < 1.29 is 58.6 Å². The van der Waals surface area contributed by atoms with Gasteiger partial charge in [-0.05, 0) is 131 Å². The fraction of sp³-hybridized carbons (Fsp3) is 0.469. The minimum atomic E-state index is -3.00. The second-order valence-corrected chi connectivity index (χ2v) is 38.6. The van der Waals surface area contributed by atoms with E-state index in [2.05, 4.69) is 94.7 Å². The van der Waals surface area contributed by atoms with Crippen LogP contribution in [0, 0.1) is 11.8 Å². The number of halogens is 8. The Morgan fingerprint density at radius 3 is 1.64 bits per heavy atom. The Kier molecular flexibility index (Phi) is 35.4. The third-order valence-electron chi connectivity index (χ3n) is 12.0. The van der Waals surface area contributed by atoms with Crippen LogP contribution in [0.2, 0.25) is 5.28 Å². The molecule has 28 heteroatoms. The van der Waals surface area contributed by atoms with Gasteiger partial charge < -0.3 is 39.1 Å². The molecule has 2 aliphatic carbocycles. The quantitative estimate of drug-likeness (QED) is 0.0375. The van der Waals surface area contributed by atoms with E-state index in [1.807, 2.05) is 83.0 Å². The van der Waals surface area contributed by atoms with Gasteiger partial charge in [-0.1, -0.05) is 12.1 Å². The van der Waals surface area contributed by atoms with Crippen molar-refractivity contribution in [3.8, 4) is 23.1 Å². The fourth-order valence-electron chi connectivity index (χ4n) is 8.39. The van der Waals surface area contributed by atoms with E-state index < -0.39 is 19.7 Å². The summed E-state index contributed by atoms with van der Waals surface area (Å²) in [6.45, 7) is 3.00. The van der Waals surface area contributed by atoms with Crippen molar-refractivity contribution in [1.29, 1.82) is 0 Å². The van der Waals surface area contributed by atoms with Crippen LogP contribution in [-0.2, 0) is 38.7 Å². The molecule has 0 bridgehead atoms. The number of benzene rings is 2. The molecule has 0 saturated heterocycles. The van der Waals surface area contributed by atoms with Gasteiger partial charge in [0, 0.05) is 97.4 Å². The van der Waals surface area contributed by atoms with Gasteiger partial charge in [0.25, 0.3) is 0 Å². The molecule has 4 heterocycles. The first-order valence-electron chi connectivity index (χ1n) is 23.8. The van der Waals surface area contributed by atoms with E-state index in [0.717, 1.165) is 79.0 Å². The number of nitrogens with one attached hydrogen (secondary N) is 1. The molecular weight excluding hydrogens is 1760 g/mol. The Morgan fingerprint density at radius 1 is 0.727 bits per heavy atom. The predicted octanol–water partition coefficient (Wildman–Crippen LogP) is 8.92. The van der Waals surface area contributed by atoms with E-state index in [-0.39, 0.29) is 83.0 Å². The number of fused-ring (bicyclic) bond motifs is 2. The summed E-state index contributed by atoms with van der Waals surface area (Å²) < 4.78 is 70.3. The molecule has 0 unspecified atom stereocenters. The SMILES string of the molecule is CCOC(=O)C1CCC(N)CC1.COC(=O)C1CCC(Nc2nccc(-n3ccc4c(OCCCS(C)(=O)=O)cccc43)n2)CC1.CS(=O)(=O)CCCOc1cccc2c1ccn2-c1ccnc(Cl)n1.Cl.I.II.I[I-]I. The number of hydrogen-bond acceptors (Lipinski definition) is 16. The Hall–Kier alpha value is -1.16. The molecule has 8 rings (SSSR count). The minimum absolute atomic E-state index is 0. The van der Waals surface area contributed by atoms with Crippen LogP contribution in [0.25, 0.3) is 33.4 Å². The molecule has 2 aromatic carbocycles. The number of hydrogen-bond donors (Lipinski definition) is 2. The van der Waals surface area contributed by atoms with Crippen molar-refractivity contribution in [2.24, 2.45) is 17.6 Å². The molecule has 4 aromatic heterocycles. The van der Waals surface area contributed by atoms with Crippen LogP contribution in [0.3, 0.4) is 0 Å². The number of carbonyl (C=O) groups excluding carboxylic acids is 2. The van der Waals surface area contributed by atoms with Gasteiger partial charge in [0.2, 0.25) is 11.2 Å². The molecule has 0 aliphatic heterocycles. The number of aromatic nitrogens is 6. The van der Waals surface area contributed by atoms with Gasteiger partial charge in [-0.25, -0.2) is 26.8 Å². The van der Waals surface area contributed by atoms with Crippen molar-refractivity contribution in [2.45, 2.75) is 83.2 Å². The van der Waals surface area contributed by atoms with Crippen LogP contribution in [0.1, 0.15) is 71.1 Å². The van der Waals surface area contributed by atoms with E-state index in [1.54, 1.807) is 18.5 Å². The number of nitrogens with zero attached hydrogens (tertiary/aromatic N) is 6. The van der Waals surface area contributed by atoms with Crippen LogP contribution in [0.15, 0.2) is 85.5 Å². The van der Waals surface area contributed by atoms with Crippen molar-refractivity contribution in [2.75, 3.05) is 56.3 Å². The second-order valence-electron chi connectivity index (χ2n) is 17.5. The summed E-state index contributed by atoms with van der Waals surface area (Å²) in [5, 5.41) is 5.44. The average molecular weight is 1820 g/mol.